The molecule has 2 aromatic carbocycles. The number of benzene rings is 2. The normalized spacial score (nSPS) is 16.8. The fourth-order valence-electron chi connectivity index (χ4n) is 5.96. The summed E-state index contributed by atoms with van der Waals surface area (Å²) in [5.41, 5.74) is 2.02. The first-order chi connectivity index (χ1) is 21.4. The molecule has 236 valence electrons. The summed E-state index contributed by atoms with van der Waals surface area (Å²) >= 11 is 0. The van der Waals surface area contributed by atoms with Gasteiger partial charge in [-0.1, -0.05) is 19.9 Å². The molecule has 45 heavy (non-hydrogen) atoms. The maximum Gasteiger partial charge on any atom is 0.272 e. The third-order valence-corrected chi connectivity index (χ3v) is 9.95. The van der Waals surface area contributed by atoms with Gasteiger partial charge in [-0.05, 0) is 67.9 Å². The lowest BCUT2D eigenvalue weighted by Crippen LogP contribution is -2.45. The van der Waals surface area contributed by atoms with Crippen LogP contribution in [0.1, 0.15) is 64.4 Å². The first-order valence-electron chi connectivity index (χ1n) is 14.6. The van der Waals surface area contributed by atoms with E-state index >= 15 is 0 Å². The summed E-state index contributed by atoms with van der Waals surface area (Å²) in [6, 6.07) is 10.7. The molecule has 0 atom stereocenters. The molecule has 0 unspecified atom stereocenters. The number of aromatic amines is 2. The fraction of sp³-hybridized carbons (Fsp3) is 0.323. The molecule has 1 saturated heterocycles. The number of hydrogen-bond donors (Lipinski definition) is 4. The molecule has 4 heterocycles. The number of carbonyl (C=O) groups excluding carboxylic acids is 2. The number of H-pyrrole nitrogens is 2. The van der Waals surface area contributed by atoms with Crippen molar-refractivity contribution in [2.75, 3.05) is 30.3 Å². The molecule has 2 aromatic heterocycles. The maximum absolute atomic E-state index is 13.9. The molecule has 0 bridgehead atoms. The number of nitrogens with one attached hydrogen (secondary N) is 4. The van der Waals surface area contributed by atoms with Gasteiger partial charge in [0.05, 0.1) is 16.1 Å². The molecule has 4 aromatic rings. The van der Waals surface area contributed by atoms with Crippen molar-refractivity contribution in [3.63, 3.8) is 0 Å². The summed E-state index contributed by atoms with van der Waals surface area (Å²) in [6.07, 6.45) is 3.88. The number of carbonyl (C=O) groups is 2. The van der Waals surface area contributed by atoms with E-state index in [9.17, 15) is 26.8 Å². The second-order valence-corrected chi connectivity index (χ2v) is 14.0. The largest absolute Gasteiger partial charge is 0.357 e. The predicted molar refractivity (Wildman–Crippen MR) is 163 cm³/mol. The van der Waals surface area contributed by atoms with Crippen LogP contribution in [-0.2, 0) is 28.5 Å². The van der Waals surface area contributed by atoms with Crippen molar-refractivity contribution in [3.05, 3.63) is 94.4 Å². The van der Waals surface area contributed by atoms with Gasteiger partial charge in [0.1, 0.15) is 17.3 Å². The number of fused-ring (bicyclic) bond motifs is 1. The Kier molecular flexibility index (Phi) is 8.05. The van der Waals surface area contributed by atoms with E-state index in [0.717, 1.165) is 47.9 Å². The Morgan fingerprint density at radius 2 is 1.73 bits per heavy atom. The van der Waals surface area contributed by atoms with Gasteiger partial charge in [0.15, 0.2) is 5.82 Å². The van der Waals surface area contributed by atoms with Crippen LogP contribution >= 0.6 is 0 Å². The average Bonchev–Trinajstić information content (AvgIpc) is 3.76. The van der Waals surface area contributed by atoms with Gasteiger partial charge < -0.3 is 15.6 Å². The highest BCUT2D eigenvalue weighted by Crippen LogP contribution is 2.38. The Labute approximate surface area is 259 Å². The van der Waals surface area contributed by atoms with Crippen LogP contribution in [0.25, 0.3) is 0 Å². The zero-order valence-corrected chi connectivity index (χ0v) is 25.6. The molecule has 0 aliphatic carbocycles. The molecule has 2 aliphatic heterocycles. The van der Waals surface area contributed by atoms with Gasteiger partial charge in [-0.3, -0.25) is 19.6 Å². The van der Waals surface area contributed by atoms with Gasteiger partial charge in [0.2, 0.25) is 10.0 Å². The number of anilines is 2. The summed E-state index contributed by atoms with van der Waals surface area (Å²) in [5.74, 6) is -2.89. The van der Waals surface area contributed by atoms with Crippen molar-refractivity contribution >= 4 is 33.3 Å². The third kappa shape index (κ3) is 6.26. The molecule has 1 fully saturated rings. The lowest BCUT2D eigenvalue weighted by Gasteiger charge is -2.36. The van der Waals surface area contributed by atoms with E-state index in [-0.39, 0.29) is 24.5 Å². The van der Waals surface area contributed by atoms with Gasteiger partial charge in [-0.15, -0.1) is 0 Å². The van der Waals surface area contributed by atoms with E-state index < -0.39 is 43.8 Å². The van der Waals surface area contributed by atoms with Crippen LogP contribution in [0.2, 0.25) is 0 Å². The summed E-state index contributed by atoms with van der Waals surface area (Å²) < 4.78 is 56.0. The van der Waals surface area contributed by atoms with Crippen molar-refractivity contribution in [2.45, 2.75) is 50.1 Å². The van der Waals surface area contributed by atoms with Crippen LogP contribution in [0.5, 0.6) is 0 Å². The highest BCUT2D eigenvalue weighted by atomic mass is 32.2. The molecule has 6 rings (SSSR count). The van der Waals surface area contributed by atoms with Crippen molar-refractivity contribution in [1.82, 2.24) is 24.4 Å². The van der Waals surface area contributed by atoms with Crippen LogP contribution < -0.4 is 10.6 Å². The Morgan fingerprint density at radius 1 is 1.00 bits per heavy atom. The summed E-state index contributed by atoms with van der Waals surface area (Å²) in [5, 5.41) is 12.9. The monoisotopic (exact) mass is 637 g/mol. The van der Waals surface area contributed by atoms with Crippen molar-refractivity contribution in [2.24, 2.45) is 0 Å². The van der Waals surface area contributed by atoms with Crippen LogP contribution in [0.15, 0.2) is 59.6 Å². The Bertz CT molecular complexity index is 1850. The highest BCUT2D eigenvalue weighted by molar-refractivity contribution is 7.89. The SMILES string of the molecule is CC1(C)CN(S(=O)(=O)c2cc(F)cc(F)c2)Cc2c(NC(=O)c3ccc(CN4CCCC4)cc3NC(=O)c3ccc[nH]3)n[nH]c21. The van der Waals surface area contributed by atoms with E-state index in [0.29, 0.717) is 35.2 Å². The van der Waals surface area contributed by atoms with E-state index in [1.807, 2.05) is 6.07 Å². The van der Waals surface area contributed by atoms with Gasteiger partial charge in [-0.25, -0.2) is 17.2 Å². The zero-order valence-electron chi connectivity index (χ0n) is 24.8. The molecule has 14 heteroatoms. The molecule has 2 aliphatic rings. The molecule has 11 nitrogen and oxygen atoms in total. The zero-order chi connectivity index (χ0) is 31.9. The van der Waals surface area contributed by atoms with Crippen LogP contribution in [-0.4, -0.2) is 64.3 Å². The minimum absolute atomic E-state index is 0.00342. The van der Waals surface area contributed by atoms with E-state index in [2.05, 4.69) is 30.7 Å². The highest BCUT2D eigenvalue weighted by Gasteiger charge is 2.41. The standard InChI is InChI=1S/C31H33F2N7O4S/c1-31(2)18-40(45(43,44)22-14-20(32)13-21(33)15-22)17-24-27(31)37-38-28(24)36-29(41)23-8-7-19(16-39-10-3-4-11-39)12-26(23)35-30(42)25-6-5-9-34-25/h5-9,12-15,34H,3-4,10-11,16-18H2,1-2H3,(H,35,42)(H2,36,37,38,41). The molecular formula is C31H33F2N7O4S. The number of aromatic nitrogens is 3. The molecule has 4 N–H and O–H groups in total. The van der Waals surface area contributed by atoms with Crippen molar-refractivity contribution in [1.29, 1.82) is 0 Å². The number of amides is 2. The molecule has 2 amide bonds. The van der Waals surface area contributed by atoms with Crippen molar-refractivity contribution in [3.8, 4) is 0 Å². The Balaban J connectivity index is 1.29. The molecular weight excluding hydrogens is 604 g/mol. The van der Waals surface area contributed by atoms with Crippen LogP contribution in [0.3, 0.4) is 0 Å². The Morgan fingerprint density at radius 3 is 2.42 bits per heavy atom. The maximum atomic E-state index is 13.9. The minimum Gasteiger partial charge on any atom is -0.357 e. The predicted octanol–water partition coefficient (Wildman–Crippen LogP) is 4.60. The number of halogens is 2. The van der Waals surface area contributed by atoms with Gasteiger partial charge in [0, 0.05) is 48.6 Å². The number of likely N-dealkylation sites (tertiary alicyclic amines) is 1. The van der Waals surface area contributed by atoms with Gasteiger partial charge in [-0.2, -0.15) is 9.40 Å². The lowest BCUT2D eigenvalue weighted by atomic mass is 9.84. The van der Waals surface area contributed by atoms with Crippen LogP contribution in [0, 0.1) is 11.6 Å². The first kappa shape index (κ1) is 30.6. The molecule has 0 spiro atoms. The van der Waals surface area contributed by atoms with E-state index in [1.165, 1.54) is 0 Å². The third-order valence-electron chi connectivity index (χ3n) is 8.18. The fourth-order valence-corrected chi connectivity index (χ4v) is 7.57. The van der Waals surface area contributed by atoms with E-state index in [1.54, 1.807) is 44.3 Å². The second kappa shape index (κ2) is 11.8. The average molecular weight is 638 g/mol. The summed E-state index contributed by atoms with van der Waals surface area (Å²) in [7, 11) is -4.31. The quantitative estimate of drug-likeness (QED) is 0.223. The van der Waals surface area contributed by atoms with Crippen molar-refractivity contribution < 1.29 is 26.8 Å². The molecule has 0 radical (unpaired) electrons. The summed E-state index contributed by atoms with van der Waals surface area (Å²) in [6.45, 7) is 6.05. The second-order valence-electron chi connectivity index (χ2n) is 12.0. The molecule has 0 saturated carbocycles. The number of nitrogens with zero attached hydrogens (tertiary/aromatic N) is 3. The number of sulfonamides is 1. The summed E-state index contributed by atoms with van der Waals surface area (Å²) in [4.78, 5) is 31.4. The topological polar surface area (TPSA) is 143 Å². The Hall–Kier alpha value is -4.40. The minimum atomic E-state index is -4.31. The first-order valence-corrected chi connectivity index (χ1v) is 16.0. The number of rotatable bonds is 8. The smallest absolute Gasteiger partial charge is 0.272 e. The van der Waals surface area contributed by atoms with Crippen LogP contribution in [0.4, 0.5) is 20.3 Å². The van der Waals surface area contributed by atoms with E-state index in [4.69, 9.17) is 0 Å². The van der Waals surface area contributed by atoms with Gasteiger partial charge in [0.25, 0.3) is 11.8 Å². The number of hydrogen-bond acceptors (Lipinski definition) is 6. The lowest BCUT2D eigenvalue weighted by molar-refractivity contribution is 0.102. The van der Waals surface area contributed by atoms with Gasteiger partial charge >= 0.3 is 0 Å².